The van der Waals surface area contributed by atoms with Crippen LogP contribution >= 0.6 is 0 Å². The smallest absolute Gasteiger partial charge is 0.549 e. The van der Waals surface area contributed by atoms with E-state index in [0.29, 0.717) is 0 Å². The SMILES string of the molecule is O=C([O-])CNO.[Li+]. The van der Waals surface area contributed by atoms with Gasteiger partial charge in [0.1, 0.15) is 0 Å². The number of hydrogen-bond donors (Lipinski definition) is 2. The van der Waals surface area contributed by atoms with E-state index in [1.165, 1.54) is 5.48 Å². The van der Waals surface area contributed by atoms with Crippen molar-refractivity contribution in [3.05, 3.63) is 0 Å². The van der Waals surface area contributed by atoms with Crippen LogP contribution < -0.4 is 29.4 Å². The van der Waals surface area contributed by atoms with Crippen LogP contribution in [-0.2, 0) is 4.79 Å². The molecule has 0 aliphatic rings. The average Bonchev–Trinajstić information content (AvgIpc) is 1.35. The number of aliphatic carboxylic acids is 1. The summed E-state index contributed by atoms with van der Waals surface area (Å²) in [5.74, 6) is -1.32. The van der Waals surface area contributed by atoms with E-state index in [2.05, 4.69) is 0 Å². The summed E-state index contributed by atoms with van der Waals surface area (Å²) < 4.78 is 0. The summed E-state index contributed by atoms with van der Waals surface area (Å²) >= 11 is 0. The van der Waals surface area contributed by atoms with Crippen molar-refractivity contribution in [3.8, 4) is 0 Å². The van der Waals surface area contributed by atoms with E-state index in [1.807, 2.05) is 0 Å². The van der Waals surface area contributed by atoms with Crippen molar-refractivity contribution in [3.63, 3.8) is 0 Å². The number of carboxylic acid groups (broad SMARTS) is 1. The van der Waals surface area contributed by atoms with Crippen molar-refractivity contribution < 1.29 is 34.0 Å². The number of carbonyl (C=O) groups is 1. The largest absolute Gasteiger partial charge is 1.00 e. The third kappa shape index (κ3) is 10.7. The van der Waals surface area contributed by atoms with Crippen LogP contribution in [0.1, 0.15) is 0 Å². The number of rotatable bonds is 2. The van der Waals surface area contributed by atoms with Crippen LogP contribution in [0, 0.1) is 0 Å². The van der Waals surface area contributed by atoms with Gasteiger partial charge in [-0.3, -0.25) is 0 Å². The van der Waals surface area contributed by atoms with Gasteiger partial charge in [0.15, 0.2) is 0 Å². The van der Waals surface area contributed by atoms with E-state index in [4.69, 9.17) is 5.21 Å². The van der Waals surface area contributed by atoms with Gasteiger partial charge < -0.3 is 15.1 Å². The maximum Gasteiger partial charge on any atom is 1.00 e. The fourth-order valence-corrected chi connectivity index (χ4v) is 0.0645. The first-order chi connectivity index (χ1) is 2.77. The number of hydrogen-bond acceptors (Lipinski definition) is 4. The molecule has 0 saturated heterocycles. The van der Waals surface area contributed by atoms with Crippen molar-refractivity contribution >= 4 is 5.97 Å². The molecular weight excluding hydrogens is 93.0 g/mol. The zero-order valence-corrected chi connectivity index (χ0v) is 3.97. The fraction of sp³-hybridized carbons (Fsp3) is 0.500. The Morgan fingerprint density at radius 2 is 2.29 bits per heavy atom. The molecule has 0 radical (unpaired) electrons. The molecule has 0 aromatic heterocycles. The summed E-state index contributed by atoms with van der Waals surface area (Å²) in [7, 11) is 0. The number of hydroxylamine groups is 1. The first-order valence-electron chi connectivity index (χ1n) is 1.34. The summed E-state index contributed by atoms with van der Waals surface area (Å²) in [4.78, 5) is 9.27. The normalized spacial score (nSPS) is 7.00. The Balaban J connectivity index is 0. The van der Waals surface area contributed by atoms with Gasteiger partial charge in [-0.2, -0.15) is 5.48 Å². The van der Waals surface area contributed by atoms with Crippen LogP contribution in [0.3, 0.4) is 0 Å². The van der Waals surface area contributed by atoms with Gasteiger partial charge in [0.05, 0.1) is 12.5 Å². The Labute approximate surface area is 52.7 Å². The molecule has 0 fully saturated rings. The van der Waals surface area contributed by atoms with E-state index >= 15 is 0 Å². The minimum atomic E-state index is -1.32. The molecule has 7 heavy (non-hydrogen) atoms. The third-order valence-electron chi connectivity index (χ3n) is 0.223. The molecule has 36 valence electrons. The maximum absolute atomic E-state index is 9.27. The second kappa shape index (κ2) is 5.99. The summed E-state index contributed by atoms with van der Waals surface area (Å²) in [6.45, 7) is -0.514. The first-order valence-corrected chi connectivity index (χ1v) is 1.34. The van der Waals surface area contributed by atoms with E-state index in [-0.39, 0.29) is 18.9 Å². The first kappa shape index (κ1) is 10.1. The molecule has 0 amide bonds. The van der Waals surface area contributed by atoms with Gasteiger partial charge in [0.2, 0.25) is 0 Å². The van der Waals surface area contributed by atoms with Crippen molar-refractivity contribution in [2.24, 2.45) is 0 Å². The van der Waals surface area contributed by atoms with Crippen LogP contribution in [-0.4, -0.2) is 17.7 Å². The Hall–Kier alpha value is -0.0126. The van der Waals surface area contributed by atoms with Gasteiger partial charge in [-0.05, 0) is 0 Å². The standard InChI is InChI=1S/C2H5NO3.Li/c4-2(5)1-3-6;/h3,6H,1H2,(H,4,5);/q;+1/p-1. The van der Waals surface area contributed by atoms with Gasteiger partial charge in [0.25, 0.3) is 0 Å². The summed E-state index contributed by atoms with van der Waals surface area (Å²) in [6.07, 6.45) is 0. The number of nitrogens with one attached hydrogen (secondary N) is 1. The Kier molecular flexibility index (Phi) is 8.61. The summed E-state index contributed by atoms with van der Waals surface area (Å²) in [5.41, 5.74) is 1.41. The quantitative estimate of drug-likeness (QED) is 0.266. The van der Waals surface area contributed by atoms with Crippen molar-refractivity contribution in [2.75, 3.05) is 6.54 Å². The predicted molar refractivity (Wildman–Crippen MR) is 14.8 cm³/mol. The van der Waals surface area contributed by atoms with Crippen LogP contribution in [0.2, 0.25) is 0 Å². The summed E-state index contributed by atoms with van der Waals surface area (Å²) in [5, 5.41) is 16.8. The van der Waals surface area contributed by atoms with Crippen molar-refractivity contribution in [1.82, 2.24) is 5.48 Å². The molecular formula is C2H4LiNO3. The third-order valence-corrected chi connectivity index (χ3v) is 0.223. The van der Waals surface area contributed by atoms with Gasteiger partial charge in [-0.25, -0.2) is 0 Å². The van der Waals surface area contributed by atoms with Crippen LogP contribution in [0.5, 0.6) is 0 Å². The zero-order valence-electron chi connectivity index (χ0n) is 3.97. The second-order valence-corrected chi connectivity index (χ2v) is 0.707. The molecule has 0 spiro atoms. The molecule has 5 heteroatoms. The molecule has 0 rings (SSSR count). The number of carbonyl (C=O) groups excluding carboxylic acids is 1. The topological polar surface area (TPSA) is 72.4 Å². The molecule has 0 aromatic carbocycles. The van der Waals surface area contributed by atoms with Gasteiger partial charge in [0, 0.05) is 0 Å². The minimum Gasteiger partial charge on any atom is -0.549 e. The second-order valence-electron chi connectivity index (χ2n) is 0.707. The van der Waals surface area contributed by atoms with Crippen LogP contribution in [0.15, 0.2) is 0 Å². The van der Waals surface area contributed by atoms with Crippen molar-refractivity contribution in [2.45, 2.75) is 0 Å². The van der Waals surface area contributed by atoms with Gasteiger partial charge in [-0.15, -0.1) is 0 Å². The molecule has 0 aromatic rings. The molecule has 4 nitrogen and oxygen atoms in total. The molecule has 0 aliphatic heterocycles. The summed E-state index contributed by atoms with van der Waals surface area (Å²) in [6, 6.07) is 0. The van der Waals surface area contributed by atoms with E-state index in [9.17, 15) is 9.90 Å². The Bertz CT molecular complexity index is 56.9. The van der Waals surface area contributed by atoms with Gasteiger partial charge in [-0.1, -0.05) is 0 Å². The van der Waals surface area contributed by atoms with E-state index < -0.39 is 12.5 Å². The molecule has 0 bridgehead atoms. The maximum atomic E-state index is 9.27. The van der Waals surface area contributed by atoms with Crippen molar-refractivity contribution in [1.29, 1.82) is 0 Å². The Morgan fingerprint density at radius 3 is 2.29 bits per heavy atom. The average molecular weight is 97.0 g/mol. The fourth-order valence-electron chi connectivity index (χ4n) is 0.0645. The predicted octanol–water partition coefficient (Wildman–Crippen LogP) is -5.28. The number of carboxylic acids is 1. The van der Waals surface area contributed by atoms with Crippen LogP contribution in [0.4, 0.5) is 0 Å². The van der Waals surface area contributed by atoms with Crippen LogP contribution in [0.25, 0.3) is 0 Å². The monoisotopic (exact) mass is 97.0 g/mol. The molecule has 0 aliphatic carbocycles. The Morgan fingerprint density at radius 1 is 1.86 bits per heavy atom. The van der Waals surface area contributed by atoms with Gasteiger partial charge >= 0.3 is 18.9 Å². The molecule has 2 N–H and O–H groups in total. The van der Waals surface area contributed by atoms with E-state index in [0.717, 1.165) is 0 Å². The molecule has 0 heterocycles. The molecule has 0 unspecified atom stereocenters. The van der Waals surface area contributed by atoms with E-state index in [1.54, 1.807) is 0 Å². The molecule has 0 atom stereocenters. The molecule has 0 saturated carbocycles. The minimum absolute atomic E-state index is 0. The zero-order chi connectivity index (χ0) is 4.99.